The Hall–Kier alpha value is -0.610. The van der Waals surface area contributed by atoms with E-state index < -0.39 is 0 Å². The van der Waals surface area contributed by atoms with Gasteiger partial charge in [0.2, 0.25) is 5.91 Å². The van der Waals surface area contributed by atoms with Crippen LogP contribution >= 0.6 is 0 Å². The molecule has 1 aliphatic rings. The molecule has 0 aromatic heterocycles. The Morgan fingerprint density at radius 1 is 1.38 bits per heavy atom. The number of amides is 1. The van der Waals surface area contributed by atoms with Gasteiger partial charge in [0, 0.05) is 26.1 Å². The normalized spacial score (nSPS) is 17.7. The predicted molar refractivity (Wildman–Crippen MR) is 64.3 cm³/mol. The molecular formula is C12H24N2O2. The van der Waals surface area contributed by atoms with Crippen LogP contribution in [0, 0.1) is 5.92 Å². The molecule has 1 amide bonds. The van der Waals surface area contributed by atoms with Crippen molar-refractivity contribution in [2.75, 3.05) is 39.4 Å². The van der Waals surface area contributed by atoms with Gasteiger partial charge in [-0.05, 0) is 18.9 Å². The number of ether oxygens (including phenoxy) is 1. The number of morpholine rings is 1. The van der Waals surface area contributed by atoms with Crippen LogP contribution in [0.25, 0.3) is 0 Å². The van der Waals surface area contributed by atoms with Crippen molar-refractivity contribution in [2.45, 2.75) is 26.7 Å². The molecule has 94 valence electrons. The van der Waals surface area contributed by atoms with Crippen molar-refractivity contribution in [1.82, 2.24) is 10.2 Å². The maximum atomic E-state index is 11.4. The van der Waals surface area contributed by atoms with Gasteiger partial charge in [-0.2, -0.15) is 0 Å². The first-order chi connectivity index (χ1) is 7.68. The van der Waals surface area contributed by atoms with Crippen LogP contribution < -0.4 is 5.32 Å². The Morgan fingerprint density at radius 3 is 2.69 bits per heavy atom. The fraction of sp³-hybridized carbons (Fsp3) is 0.917. The summed E-state index contributed by atoms with van der Waals surface area (Å²) in [4.78, 5) is 13.7. The second kappa shape index (κ2) is 7.63. The second-order valence-electron chi connectivity index (χ2n) is 4.76. The summed E-state index contributed by atoms with van der Waals surface area (Å²) in [5.74, 6) is 0.622. The fourth-order valence-corrected chi connectivity index (χ4v) is 1.80. The van der Waals surface area contributed by atoms with Gasteiger partial charge in [-0.15, -0.1) is 0 Å². The Labute approximate surface area is 98.3 Å². The summed E-state index contributed by atoms with van der Waals surface area (Å²) in [6.45, 7) is 9.73. The lowest BCUT2D eigenvalue weighted by Gasteiger charge is -2.26. The topological polar surface area (TPSA) is 41.6 Å². The number of rotatable bonds is 6. The lowest BCUT2D eigenvalue weighted by Crippen LogP contribution is -2.38. The Morgan fingerprint density at radius 2 is 2.06 bits per heavy atom. The van der Waals surface area contributed by atoms with Crippen molar-refractivity contribution >= 4 is 5.91 Å². The van der Waals surface area contributed by atoms with Crippen LogP contribution in [0.4, 0.5) is 0 Å². The lowest BCUT2D eigenvalue weighted by molar-refractivity contribution is -0.121. The molecule has 1 fully saturated rings. The number of hydrogen-bond donors (Lipinski definition) is 1. The van der Waals surface area contributed by atoms with E-state index in [0.29, 0.717) is 12.3 Å². The summed E-state index contributed by atoms with van der Waals surface area (Å²) in [5, 5.41) is 2.96. The van der Waals surface area contributed by atoms with Crippen LogP contribution in [-0.2, 0) is 9.53 Å². The molecule has 1 aliphatic heterocycles. The molecule has 4 heteroatoms. The molecule has 1 N–H and O–H groups in total. The maximum Gasteiger partial charge on any atom is 0.220 e. The SMILES string of the molecule is CC(C)CC(=O)NCCCN1CCOCC1. The molecule has 0 bridgehead atoms. The average molecular weight is 228 g/mol. The summed E-state index contributed by atoms with van der Waals surface area (Å²) in [5.41, 5.74) is 0. The molecule has 1 heterocycles. The van der Waals surface area contributed by atoms with Gasteiger partial charge in [0.05, 0.1) is 13.2 Å². The smallest absolute Gasteiger partial charge is 0.220 e. The zero-order chi connectivity index (χ0) is 11.8. The molecule has 0 spiro atoms. The van der Waals surface area contributed by atoms with Crippen LogP contribution in [-0.4, -0.2) is 50.2 Å². The summed E-state index contributed by atoms with van der Waals surface area (Å²) in [6.07, 6.45) is 1.67. The van der Waals surface area contributed by atoms with E-state index in [-0.39, 0.29) is 5.91 Å². The summed E-state index contributed by atoms with van der Waals surface area (Å²) < 4.78 is 5.28. The molecule has 0 radical (unpaired) electrons. The third kappa shape index (κ3) is 6.08. The number of carbonyl (C=O) groups is 1. The predicted octanol–water partition coefficient (Wildman–Crippen LogP) is 0.871. The number of nitrogens with zero attached hydrogens (tertiary/aromatic N) is 1. The van der Waals surface area contributed by atoms with Gasteiger partial charge >= 0.3 is 0 Å². The van der Waals surface area contributed by atoms with Crippen molar-refractivity contribution in [1.29, 1.82) is 0 Å². The maximum absolute atomic E-state index is 11.4. The zero-order valence-corrected chi connectivity index (χ0v) is 10.5. The third-order valence-electron chi connectivity index (χ3n) is 2.67. The summed E-state index contributed by atoms with van der Waals surface area (Å²) in [6, 6.07) is 0. The minimum Gasteiger partial charge on any atom is -0.379 e. The van der Waals surface area contributed by atoms with Gasteiger partial charge in [0.15, 0.2) is 0 Å². The molecule has 1 rings (SSSR count). The first-order valence-electron chi connectivity index (χ1n) is 6.25. The minimum atomic E-state index is 0.178. The molecule has 0 aromatic rings. The van der Waals surface area contributed by atoms with Gasteiger partial charge in [-0.3, -0.25) is 9.69 Å². The van der Waals surface area contributed by atoms with Crippen LogP contribution in [0.2, 0.25) is 0 Å². The van der Waals surface area contributed by atoms with E-state index in [1.54, 1.807) is 0 Å². The lowest BCUT2D eigenvalue weighted by atomic mass is 10.1. The number of hydrogen-bond acceptors (Lipinski definition) is 3. The summed E-state index contributed by atoms with van der Waals surface area (Å²) >= 11 is 0. The van der Waals surface area contributed by atoms with Crippen molar-refractivity contribution in [3.05, 3.63) is 0 Å². The van der Waals surface area contributed by atoms with Crippen LogP contribution in [0.3, 0.4) is 0 Å². The molecule has 4 nitrogen and oxygen atoms in total. The van der Waals surface area contributed by atoms with Crippen LogP contribution in [0.1, 0.15) is 26.7 Å². The first-order valence-corrected chi connectivity index (χ1v) is 6.25. The van der Waals surface area contributed by atoms with Gasteiger partial charge in [-0.1, -0.05) is 13.8 Å². The fourth-order valence-electron chi connectivity index (χ4n) is 1.80. The van der Waals surface area contributed by atoms with E-state index in [1.165, 1.54) is 0 Å². The average Bonchev–Trinajstić information content (AvgIpc) is 2.25. The highest BCUT2D eigenvalue weighted by molar-refractivity contribution is 5.75. The molecule has 16 heavy (non-hydrogen) atoms. The van der Waals surface area contributed by atoms with E-state index >= 15 is 0 Å². The molecule has 0 aliphatic carbocycles. The number of nitrogens with one attached hydrogen (secondary N) is 1. The van der Waals surface area contributed by atoms with E-state index in [0.717, 1.165) is 45.8 Å². The number of carbonyl (C=O) groups excluding carboxylic acids is 1. The third-order valence-corrected chi connectivity index (χ3v) is 2.67. The van der Waals surface area contributed by atoms with Gasteiger partial charge in [0.1, 0.15) is 0 Å². The standard InChI is InChI=1S/C12H24N2O2/c1-11(2)10-12(15)13-4-3-5-14-6-8-16-9-7-14/h11H,3-10H2,1-2H3,(H,13,15). The molecule has 1 saturated heterocycles. The minimum absolute atomic E-state index is 0.178. The zero-order valence-electron chi connectivity index (χ0n) is 10.5. The molecular weight excluding hydrogens is 204 g/mol. The van der Waals surface area contributed by atoms with Crippen molar-refractivity contribution in [3.8, 4) is 0 Å². The second-order valence-corrected chi connectivity index (χ2v) is 4.76. The monoisotopic (exact) mass is 228 g/mol. The van der Waals surface area contributed by atoms with Gasteiger partial charge in [-0.25, -0.2) is 0 Å². The van der Waals surface area contributed by atoms with E-state index in [2.05, 4.69) is 24.1 Å². The van der Waals surface area contributed by atoms with E-state index in [1.807, 2.05) is 0 Å². The first kappa shape index (κ1) is 13.5. The highest BCUT2D eigenvalue weighted by atomic mass is 16.5. The molecule has 0 saturated carbocycles. The Balaban J connectivity index is 1.96. The highest BCUT2D eigenvalue weighted by Crippen LogP contribution is 1.99. The van der Waals surface area contributed by atoms with E-state index in [4.69, 9.17) is 4.74 Å². The Bertz CT molecular complexity index is 201. The quantitative estimate of drug-likeness (QED) is 0.686. The van der Waals surface area contributed by atoms with Gasteiger partial charge < -0.3 is 10.1 Å². The van der Waals surface area contributed by atoms with Crippen LogP contribution in [0.5, 0.6) is 0 Å². The van der Waals surface area contributed by atoms with Crippen molar-refractivity contribution < 1.29 is 9.53 Å². The van der Waals surface area contributed by atoms with E-state index in [9.17, 15) is 4.79 Å². The van der Waals surface area contributed by atoms with Crippen molar-refractivity contribution in [2.24, 2.45) is 5.92 Å². The summed E-state index contributed by atoms with van der Waals surface area (Å²) in [7, 11) is 0. The Kier molecular flexibility index (Phi) is 6.42. The molecule has 0 unspecified atom stereocenters. The highest BCUT2D eigenvalue weighted by Gasteiger charge is 2.09. The van der Waals surface area contributed by atoms with Crippen LogP contribution in [0.15, 0.2) is 0 Å². The molecule has 0 atom stereocenters. The van der Waals surface area contributed by atoms with Crippen molar-refractivity contribution in [3.63, 3.8) is 0 Å². The largest absolute Gasteiger partial charge is 0.379 e. The molecule has 0 aromatic carbocycles. The van der Waals surface area contributed by atoms with Gasteiger partial charge in [0.25, 0.3) is 0 Å².